The largest absolute Gasteiger partial charge is 0.485 e. The van der Waals surface area contributed by atoms with Crippen molar-refractivity contribution >= 4 is 11.5 Å². The van der Waals surface area contributed by atoms with Crippen molar-refractivity contribution < 1.29 is 4.74 Å². The molecule has 2 heterocycles. The van der Waals surface area contributed by atoms with Crippen molar-refractivity contribution in [2.45, 2.75) is 13.5 Å². The van der Waals surface area contributed by atoms with Crippen molar-refractivity contribution in [1.82, 2.24) is 14.6 Å². The Morgan fingerprint density at radius 2 is 2.00 bits per heavy atom. The highest BCUT2D eigenvalue weighted by Gasteiger charge is 2.06. The number of fused-ring (bicyclic) bond motifs is 1. The minimum Gasteiger partial charge on any atom is -0.485 e. The third kappa shape index (κ3) is 2.22. The van der Waals surface area contributed by atoms with Crippen LogP contribution in [0.4, 0.5) is 5.82 Å². The highest BCUT2D eigenvalue weighted by Crippen LogP contribution is 2.17. The Bertz CT molecular complexity index is 720. The summed E-state index contributed by atoms with van der Waals surface area (Å²) >= 11 is 0. The lowest BCUT2D eigenvalue weighted by atomic mass is 10.2. The Morgan fingerprint density at radius 1 is 1.16 bits per heavy atom. The van der Waals surface area contributed by atoms with Crippen LogP contribution in [0.15, 0.2) is 42.5 Å². The minimum atomic E-state index is 0.325. The molecule has 0 aliphatic heterocycles. The lowest BCUT2D eigenvalue weighted by Crippen LogP contribution is -2.00. The molecular weight excluding hydrogens is 240 g/mol. The van der Waals surface area contributed by atoms with Gasteiger partial charge in [-0.25, -0.2) is 4.98 Å². The molecule has 0 atom stereocenters. The highest BCUT2D eigenvalue weighted by molar-refractivity contribution is 5.46. The number of aromatic nitrogens is 3. The van der Waals surface area contributed by atoms with E-state index in [2.05, 4.69) is 10.1 Å². The summed E-state index contributed by atoms with van der Waals surface area (Å²) in [6.45, 7) is 2.33. The molecule has 0 unspecified atom stereocenters. The third-order valence-corrected chi connectivity index (χ3v) is 2.88. The normalized spacial score (nSPS) is 10.8. The Balaban J connectivity index is 1.83. The predicted molar refractivity (Wildman–Crippen MR) is 72.9 cm³/mol. The zero-order chi connectivity index (χ0) is 13.2. The van der Waals surface area contributed by atoms with E-state index >= 15 is 0 Å². The Morgan fingerprint density at radius 3 is 2.79 bits per heavy atom. The fourth-order valence-electron chi connectivity index (χ4n) is 1.89. The van der Waals surface area contributed by atoms with Crippen molar-refractivity contribution in [3.63, 3.8) is 0 Å². The predicted octanol–water partition coefficient (Wildman–Crippen LogP) is 2.20. The Kier molecular flexibility index (Phi) is 2.79. The molecular formula is C14H14N4O. The van der Waals surface area contributed by atoms with E-state index in [0.717, 1.165) is 17.0 Å². The van der Waals surface area contributed by atoms with Gasteiger partial charge < -0.3 is 10.5 Å². The molecule has 0 radical (unpaired) electrons. The molecule has 0 bridgehead atoms. The number of para-hydroxylation sites is 1. The van der Waals surface area contributed by atoms with Crippen LogP contribution < -0.4 is 10.5 Å². The maximum atomic E-state index is 5.82. The zero-order valence-corrected chi connectivity index (χ0v) is 10.6. The number of benzene rings is 1. The highest BCUT2D eigenvalue weighted by atomic mass is 16.5. The Hall–Kier alpha value is -2.56. The van der Waals surface area contributed by atoms with Crippen molar-refractivity contribution in [3.05, 3.63) is 53.9 Å². The smallest absolute Gasteiger partial charge is 0.189 e. The van der Waals surface area contributed by atoms with Gasteiger partial charge in [0.25, 0.3) is 0 Å². The van der Waals surface area contributed by atoms with Gasteiger partial charge in [-0.15, -0.1) is 5.10 Å². The summed E-state index contributed by atoms with van der Waals surface area (Å²) in [6, 6.07) is 13.4. The molecule has 5 heteroatoms. The fourth-order valence-corrected chi connectivity index (χ4v) is 1.89. The molecule has 1 aromatic carbocycles. The van der Waals surface area contributed by atoms with E-state index in [1.54, 1.807) is 10.6 Å². The minimum absolute atomic E-state index is 0.325. The van der Waals surface area contributed by atoms with Crippen molar-refractivity contribution in [2.75, 3.05) is 5.73 Å². The molecule has 0 aliphatic carbocycles. The first-order chi connectivity index (χ1) is 9.24. The topological polar surface area (TPSA) is 65.4 Å². The molecule has 2 N–H and O–H groups in total. The molecule has 0 spiro atoms. The van der Waals surface area contributed by atoms with E-state index in [-0.39, 0.29) is 0 Å². The van der Waals surface area contributed by atoms with Crippen LogP contribution in [0.1, 0.15) is 11.4 Å². The van der Waals surface area contributed by atoms with Crippen LogP contribution in [-0.2, 0) is 6.61 Å². The van der Waals surface area contributed by atoms with E-state index < -0.39 is 0 Å². The standard InChI is InChI=1S/C14H14N4O/c1-10-5-2-3-6-11(10)19-9-13-16-14-8-4-7-12(15)18(14)17-13/h2-8H,9,15H2,1H3. The second-order valence-corrected chi connectivity index (χ2v) is 4.30. The van der Waals surface area contributed by atoms with Gasteiger partial charge >= 0.3 is 0 Å². The summed E-state index contributed by atoms with van der Waals surface area (Å²) in [5.74, 6) is 2.02. The van der Waals surface area contributed by atoms with Gasteiger partial charge in [-0.05, 0) is 30.7 Å². The van der Waals surface area contributed by atoms with Gasteiger partial charge in [0.2, 0.25) is 0 Å². The summed E-state index contributed by atoms with van der Waals surface area (Å²) in [5, 5.41) is 4.31. The first kappa shape index (κ1) is 11.5. The number of pyridine rings is 1. The molecule has 0 fully saturated rings. The lowest BCUT2D eigenvalue weighted by Gasteiger charge is -2.05. The van der Waals surface area contributed by atoms with Crippen LogP contribution in [0.5, 0.6) is 5.75 Å². The average Bonchev–Trinajstić information content (AvgIpc) is 2.82. The number of rotatable bonds is 3. The van der Waals surface area contributed by atoms with Gasteiger partial charge in [-0.1, -0.05) is 24.3 Å². The average molecular weight is 254 g/mol. The van der Waals surface area contributed by atoms with Crippen molar-refractivity contribution in [1.29, 1.82) is 0 Å². The van der Waals surface area contributed by atoms with Gasteiger partial charge in [-0.3, -0.25) is 0 Å². The molecule has 0 aliphatic rings. The van der Waals surface area contributed by atoms with Crippen LogP contribution >= 0.6 is 0 Å². The van der Waals surface area contributed by atoms with E-state index in [1.165, 1.54) is 0 Å². The second-order valence-electron chi connectivity index (χ2n) is 4.30. The van der Waals surface area contributed by atoms with Crippen LogP contribution in [-0.4, -0.2) is 14.6 Å². The number of hydrogen-bond acceptors (Lipinski definition) is 4. The maximum Gasteiger partial charge on any atom is 0.189 e. The summed E-state index contributed by atoms with van der Waals surface area (Å²) in [5.41, 5.74) is 7.63. The number of nitrogen functional groups attached to an aromatic ring is 1. The zero-order valence-electron chi connectivity index (χ0n) is 10.6. The number of ether oxygens (including phenoxy) is 1. The van der Waals surface area contributed by atoms with Gasteiger partial charge in [0.1, 0.15) is 18.2 Å². The molecule has 0 saturated heterocycles. The fraction of sp³-hybridized carbons (Fsp3) is 0.143. The SMILES string of the molecule is Cc1ccccc1OCc1nc2cccc(N)n2n1. The first-order valence-corrected chi connectivity index (χ1v) is 6.02. The van der Waals surface area contributed by atoms with Gasteiger partial charge in [0.15, 0.2) is 11.5 Å². The van der Waals surface area contributed by atoms with Crippen molar-refractivity contribution in [2.24, 2.45) is 0 Å². The van der Waals surface area contributed by atoms with E-state index in [9.17, 15) is 0 Å². The quantitative estimate of drug-likeness (QED) is 0.778. The number of anilines is 1. The molecule has 2 aromatic heterocycles. The maximum absolute atomic E-state index is 5.82. The van der Waals surface area contributed by atoms with Crippen molar-refractivity contribution in [3.8, 4) is 5.75 Å². The summed E-state index contributed by atoms with van der Waals surface area (Å²) in [4.78, 5) is 4.37. The van der Waals surface area contributed by atoms with Gasteiger partial charge in [-0.2, -0.15) is 4.52 Å². The molecule has 0 amide bonds. The van der Waals surface area contributed by atoms with Gasteiger partial charge in [0.05, 0.1) is 0 Å². The van der Waals surface area contributed by atoms with E-state index in [0.29, 0.717) is 18.2 Å². The number of hydrogen-bond donors (Lipinski definition) is 1. The molecule has 3 rings (SSSR count). The van der Waals surface area contributed by atoms with E-state index in [4.69, 9.17) is 10.5 Å². The molecule has 96 valence electrons. The van der Waals surface area contributed by atoms with Crippen LogP contribution in [0.25, 0.3) is 5.65 Å². The third-order valence-electron chi connectivity index (χ3n) is 2.88. The summed E-state index contributed by atoms with van der Waals surface area (Å²) in [6.07, 6.45) is 0. The summed E-state index contributed by atoms with van der Waals surface area (Å²) in [7, 11) is 0. The molecule has 19 heavy (non-hydrogen) atoms. The van der Waals surface area contributed by atoms with Crippen LogP contribution in [0.3, 0.4) is 0 Å². The summed E-state index contributed by atoms with van der Waals surface area (Å²) < 4.78 is 7.32. The number of aryl methyl sites for hydroxylation is 1. The first-order valence-electron chi connectivity index (χ1n) is 6.02. The second kappa shape index (κ2) is 4.61. The van der Waals surface area contributed by atoms with Crippen LogP contribution in [0.2, 0.25) is 0 Å². The molecule has 5 nitrogen and oxygen atoms in total. The van der Waals surface area contributed by atoms with E-state index in [1.807, 2.05) is 43.3 Å². The lowest BCUT2D eigenvalue weighted by molar-refractivity contribution is 0.294. The molecule has 3 aromatic rings. The number of nitrogens with zero attached hydrogens (tertiary/aromatic N) is 3. The molecule has 0 saturated carbocycles. The van der Waals surface area contributed by atoms with Crippen LogP contribution in [0, 0.1) is 6.92 Å². The monoisotopic (exact) mass is 254 g/mol. The van der Waals surface area contributed by atoms with Gasteiger partial charge in [0, 0.05) is 0 Å². The Labute approximate surface area is 110 Å². The number of nitrogens with two attached hydrogens (primary N) is 1.